The van der Waals surface area contributed by atoms with Crippen molar-refractivity contribution >= 4 is 5.91 Å². The predicted molar refractivity (Wildman–Crippen MR) is 83.4 cm³/mol. The van der Waals surface area contributed by atoms with E-state index in [1.54, 1.807) is 17.2 Å². The molecular weight excluding hydrogens is 312 g/mol. The molecule has 1 atom stereocenters. The van der Waals surface area contributed by atoms with E-state index >= 15 is 0 Å². The number of aromatic nitrogens is 3. The number of amides is 1. The maximum absolute atomic E-state index is 12.4. The summed E-state index contributed by atoms with van der Waals surface area (Å²) in [6, 6.07) is 3.52. The molecule has 2 aromatic rings. The van der Waals surface area contributed by atoms with Gasteiger partial charge in [-0.2, -0.15) is 0 Å². The Hall–Kier alpha value is -2.48. The van der Waals surface area contributed by atoms with Crippen LogP contribution in [-0.2, 0) is 16.0 Å². The molecule has 1 amide bonds. The van der Waals surface area contributed by atoms with Crippen LogP contribution in [0.5, 0.6) is 5.88 Å². The SMILES string of the molecule is COc1cc(CCC(=O)N2CCO[C@H](c3nccc(C)n3)C2)on1. The molecule has 128 valence electrons. The Bertz CT molecular complexity index is 703. The summed E-state index contributed by atoms with van der Waals surface area (Å²) < 4.78 is 15.8. The Kier molecular flexibility index (Phi) is 5.05. The van der Waals surface area contributed by atoms with E-state index in [0.717, 1.165) is 5.69 Å². The van der Waals surface area contributed by atoms with Crippen molar-refractivity contribution in [2.24, 2.45) is 0 Å². The highest BCUT2D eigenvalue weighted by molar-refractivity contribution is 5.76. The first-order valence-corrected chi connectivity index (χ1v) is 7.84. The van der Waals surface area contributed by atoms with E-state index in [-0.39, 0.29) is 12.0 Å². The van der Waals surface area contributed by atoms with E-state index in [1.165, 1.54) is 7.11 Å². The summed E-state index contributed by atoms with van der Waals surface area (Å²) in [6.07, 6.45) is 2.25. The highest BCUT2D eigenvalue weighted by atomic mass is 16.5. The predicted octanol–water partition coefficient (Wildman–Crippen LogP) is 1.31. The summed E-state index contributed by atoms with van der Waals surface area (Å²) in [4.78, 5) is 22.8. The third-order valence-corrected chi connectivity index (χ3v) is 3.85. The summed E-state index contributed by atoms with van der Waals surface area (Å²) in [5, 5.41) is 3.73. The fraction of sp³-hybridized carbons (Fsp3) is 0.500. The molecule has 2 aromatic heterocycles. The van der Waals surface area contributed by atoms with E-state index < -0.39 is 0 Å². The second-order valence-corrected chi connectivity index (χ2v) is 5.59. The first kappa shape index (κ1) is 16.4. The topological polar surface area (TPSA) is 90.6 Å². The second kappa shape index (κ2) is 7.39. The lowest BCUT2D eigenvalue weighted by atomic mass is 10.2. The Balaban J connectivity index is 1.56. The van der Waals surface area contributed by atoms with Gasteiger partial charge in [0.1, 0.15) is 11.9 Å². The Morgan fingerprint density at radius 2 is 2.38 bits per heavy atom. The van der Waals surface area contributed by atoms with E-state index in [0.29, 0.717) is 50.0 Å². The highest BCUT2D eigenvalue weighted by Crippen LogP contribution is 2.20. The van der Waals surface area contributed by atoms with Crippen LogP contribution >= 0.6 is 0 Å². The molecule has 0 unspecified atom stereocenters. The van der Waals surface area contributed by atoms with Gasteiger partial charge in [0, 0.05) is 37.3 Å². The van der Waals surface area contributed by atoms with Crippen molar-refractivity contribution in [1.29, 1.82) is 0 Å². The van der Waals surface area contributed by atoms with Crippen LogP contribution in [0.25, 0.3) is 0 Å². The number of ether oxygens (including phenoxy) is 2. The third-order valence-electron chi connectivity index (χ3n) is 3.85. The summed E-state index contributed by atoms with van der Waals surface area (Å²) >= 11 is 0. The van der Waals surface area contributed by atoms with Gasteiger partial charge in [0.05, 0.1) is 20.3 Å². The average Bonchev–Trinajstić information content (AvgIpc) is 3.08. The monoisotopic (exact) mass is 332 g/mol. The number of carbonyl (C=O) groups excluding carboxylic acids is 1. The van der Waals surface area contributed by atoms with Gasteiger partial charge in [0.25, 0.3) is 5.88 Å². The van der Waals surface area contributed by atoms with Gasteiger partial charge in [-0.3, -0.25) is 4.79 Å². The maximum atomic E-state index is 12.4. The van der Waals surface area contributed by atoms with Gasteiger partial charge in [-0.1, -0.05) is 0 Å². The van der Waals surface area contributed by atoms with Gasteiger partial charge in [-0.05, 0) is 18.1 Å². The zero-order valence-electron chi connectivity index (χ0n) is 13.8. The van der Waals surface area contributed by atoms with Crippen LogP contribution in [-0.4, -0.2) is 52.7 Å². The third kappa shape index (κ3) is 3.88. The fourth-order valence-electron chi connectivity index (χ4n) is 2.55. The summed E-state index contributed by atoms with van der Waals surface area (Å²) in [5.41, 5.74) is 0.881. The molecule has 1 aliphatic heterocycles. The first-order valence-electron chi connectivity index (χ1n) is 7.84. The van der Waals surface area contributed by atoms with Crippen molar-refractivity contribution in [2.45, 2.75) is 25.9 Å². The number of rotatable bonds is 5. The molecule has 8 heteroatoms. The van der Waals surface area contributed by atoms with Gasteiger partial charge in [-0.25, -0.2) is 9.97 Å². The molecule has 8 nitrogen and oxygen atoms in total. The smallest absolute Gasteiger partial charge is 0.254 e. The lowest BCUT2D eigenvalue weighted by Gasteiger charge is -2.32. The van der Waals surface area contributed by atoms with Gasteiger partial charge in [0.2, 0.25) is 5.91 Å². The van der Waals surface area contributed by atoms with Crippen LogP contribution in [0.15, 0.2) is 22.9 Å². The summed E-state index contributed by atoms with van der Waals surface area (Å²) in [6.45, 7) is 3.41. The number of methoxy groups -OCH3 is 1. The number of hydrogen-bond acceptors (Lipinski definition) is 7. The molecule has 0 aromatic carbocycles. The molecule has 0 saturated carbocycles. The average molecular weight is 332 g/mol. The molecule has 0 aliphatic carbocycles. The van der Waals surface area contributed by atoms with Crippen molar-refractivity contribution in [2.75, 3.05) is 26.8 Å². The van der Waals surface area contributed by atoms with Crippen LogP contribution in [0, 0.1) is 6.92 Å². The van der Waals surface area contributed by atoms with Crippen LogP contribution in [0.4, 0.5) is 0 Å². The molecule has 1 saturated heterocycles. The minimum absolute atomic E-state index is 0.0475. The molecule has 24 heavy (non-hydrogen) atoms. The van der Waals surface area contributed by atoms with Crippen molar-refractivity contribution in [3.8, 4) is 5.88 Å². The highest BCUT2D eigenvalue weighted by Gasteiger charge is 2.27. The number of morpholine rings is 1. The number of nitrogens with zero attached hydrogens (tertiary/aromatic N) is 4. The Morgan fingerprint density at radius 1 is 1.50 bits per heavy atom. The van der Waals surface area contributed by atoms with Gasteiger partial charge in [-0.15, -0.1) is 0 Å². The summed E-state index contributed by atoms with van der Waals surface area (Å²) in [5.74, 6) is 1.71. The van der Waals surface area contributed by atoms with E-state index in [2.05, 4.69) is 15.1 Å². The van der Waals surface area contributed by atoms with Crippen LogP contribution in [0.2, 0.25) is 0 Å². The molecule has 3 heterocycles. The number of hydrogen-bond donors (Lipinski definition) is 0. The lowest BCUT2D eigenvalue weighted by Crippen LogP contribution is -2.42. The quantitative estimate of drug-likeness (QED) is 0.815. The van der Waals surface area contributed by atoms with Crippen molar-refractivity contribution in [1.82, 2.24) is 20.0 Å². The zero-order valence-corrected chi connectivity index (χ0v) is 13.8. The van der Waals surface area contributed by atoms with Crippen molar-refractivity contribution in [3.63, 3.8) is 0 Å². The van der Waals surface area contributed by atoms with E-state index in [9.17, 15) is 4.79 Å². The molecule has 3 rings (SSSR count). The van der Waals surface area contributed by atoms with Crippen LogP contribution in [0.3, 0.4) is 0 Å². The molecule has 0 spiro atoms. The number of aryl methyl sites for hydroxylation is 2. The fourth-order valence-corrected chi connectivity index (χ4v) is 2.55. The molecular formula is C16H20N4O4. The molecule has 0 N–H and O–H groups in total. The zero-order chi connectivity index (χ0) is 16.9. The second-order valence-electron chi connectivity index (χ2n) is 5.59. The van der Waals surface area contributed by atoms with Crippen molar-refractivity contribution < 1.29 is 18.8 Å². The molecule has 0 bridgehead atoms. The van der Waals surface area contributed by atoms with Gasteiger partial charge < -0.3 is 18.9 Å². The van der Waals surface area contributed by atoms with Crippen molar-refractivity contribution in [3.05, 3.63) is 35.6 Å². The largest absolute Gasteiger partial charge is 0.479 e. The summed E-state index contributed by atoms with van der Waals surface area (Å²) in [7, 11) is 1.52. The first-order chi connectivity index (χ1) is 11.7. The van der Waals surface area contributed by atoms with Gasteiger partial charge in [0.15, 0.2) is 5.82 Å². The minimum Gasteiger partial charge on any atom is -0.479 e. The Labute approximate surface area is 139 Å². The maximum Gasteiger partial charge on any atom is 0.254 e. The van der Waals surface area contributed by atoms with Gasteiger partial charge >= 0.3 is 0 Å². The molecule has 1 aliphatic rings. The standard InChI is InChI=1S/C16H20N4O4/c1-11-5-6-17-16(18-11)13-10-20(7-8-23-13)15(21)4-3-12-9-14(22-2)19-24-12/h5-6,9,13H,3-4,7-8,10H2,1-2H3/t13-/m0/s1. The number of carbonyl (C=O) groups is 1. The molecule has 0 radical (unpaired) electrons. The lowest BCUT2D eigenvalue weighted by molar-refractivity contribution is -0.139. The Morgan fingerprint density at radius 3 is 3.12 bits per heavy atom. The normalized spacial score (nSPS) is 17.8. The van der Waals surface area contributed by atoms with Crippen LogP contribution < -0.4 is 4.74 Å². The van der Waals surface area contributed by atoms with Crippen LogP contribution in [0.1, 0.15) is 29.8 Å². The van der Waals surface area contributed by atoms with E-state index in [4.69, 9.17) is 14.0 Å². The minimum atomic E-state index is -0.284. The van der Waals surface area contributed by atoms with E-state index in [1.807, 2.05) is 13.0 Å². The molecule has 1 fully saturated rings.